The van der Waals surface area contributed by atoms with Crippen LogP contribution in [0.15, 0.2) is 52.8 Å². The van der Waals surface area contributed by atoms with Gasteiger partial charge in [0.15, 0.2) is 5.11 Å². The smallest absolute Gasteiger partial charge is 0.276 e. The van der Waals surface area contributed by atoms with Crippen molar-refractivity contribution in [1.82, 2.24) is 10.2 Å². The highest BCUT2D eigenvalue weighted by Crippen LogP contribution is 2.19. The fourth-order valence-electron chi connectivity index (χ4n) is 2.05. The number of aromatic hydroxyl groups is 1. The molecule has 3 rings (SSSR count). The molecule has 2 N–H and O–H groups in total. The van der Waals surface area contributed by atoms with Crippen molar-refractivity contribution in [2.45, 2.75) is 6.54 Å². The monoisotopic (exact) mass is 300 g/mol. The molecule has 106 valence electrons. The molecule has 0 unspecified atom stereocenters. The first-order valence-electron chi connectivity index (χ1n) is 6.29. The zero-order chi connectivity index (χ0) is 14.8. The summed E-state index contributed by atoms with van der Waals surface area (Å²) in [5, 5.41) is 12.7. The molecule has 1 saturated heterocycles. The molecule has 5 nitrogen and oxygen atoms in total. The lowest BCUT2D eigenvalue weighted by molar-refractivity contribution is -0.122. The molecule has 1 aromatic carbocycles. The number of carbonyl (C=O) groups excluding carboxylic acids is 1. The van der Waals surface area contributed by atoms with Gasteiger partial charge in [-0.1, -0.05) is 12.1 Å². The minimum atomic E-state index is -0.222. The minimum absolute atomic E-state index is 0.143. The summed E-state index contributed by atoms with van der Waals surface area (Å²) in [5.41, 5.74) is 1.09. The summed E-state index contributed by atoms with van der Waals surface area (Å²) < 4.78 is 5.23. The SMILES string of the molecule is O=C1C(=Cc2cccc(O)c2)NC(=S)N1Cc1ccco1. The van der Waals surface area contributed by atoms with Crippen LogP contribution < -0.4 is 5.32 Å². The van der Waals surface area contributed by atoms with Crippen LogP contribution in [0.4, 0.5) is 0 Å². The average Bonchev–Trinajstić information content (AvgIpc) is 3.04. The molecule has 0 spiro atoms. The van der Waals surface area contributed by atoms with Crippen LogP contribution in [0.1, 0.15) is 11.3 Å². The van der Waals surface area contributed by atoms with Gasteiger partial charge in [-0.3, -0.25) is 9.69 Å². The Bertz CT molecular complexity index is 722. The van der Waals surface area contributed by atoms with Crippen molar-refractivity contribution in [3.8, 4) is 5.75 Å². The summed E-state index contributed by atoms with van der Waals surface area (Å²) in [6.45, 7) is 0.287. The quantitative estimate of drug-likeness (QED) is 0.672. The second kappa shape index (κ2) is 5.41. The lowest BCUT2D eigenvalue weighted by Crippen LogP contribution is -2.29. The number of benzene rings is 1. The number of nitrogens with one attached hydrogen (secondary N) is 1. The van der Waals surface area contributed by atoms with Crippen molar-refractivity contribution in [3.63, 3.8) is 0 Å². The number of rotatable bonds is 3. The maximum Gasteiger partial charge on any atom is 0.276 e. The van der Waals surface area contributed by atoms with E-state index in [2.05, 4.69) is 5.32 Å². The van der Waals surface area contributed by atoms with Gasteiger partial charge >= 0.3 is 0 Å². The predicted octanol–water partition coefficient (Wildman–Crippen LogP) is 2.24. The third-order valence-electron chi connectivity index (χ3n) is 3.04. The van der Waals surface area contributed by atoms with Gasteiger partial charge in [0, 0.05) is 0 Å². The molecule has 6 heteroatoms. The first kappa shape index (κ1) is 13.4. The molecule has 1 aliphatic heterocycles. The van der Waals surface area contributed by atoms with E-state index >= 15 is 0 Å². The zero-order valence-electron chi connectivity index (χ0n) is 10.9. The maximum absolute atomic E-state index is 12.3. The summed E-state index contributed by atoms with van der Waals surface area (Å²) in [7, 11) is 0. The van der Waals surface area contributed by atoms with Crippen LogP contribution in [0, 0.1) is 0 Å². The van der Waals surface area contributed by atoms with E-state index in [9.17, 15) is 9.90 Å². The van der Waals surface area contributed by atoms with Gasteiger partial charge in [-0.25, -0.2) is 0 Å². The van der Waals surface area contributed by atoms with E-state index in [4.69, 9.17) is 16.6 Å². The van der Waals surface area contributed by atoms with Gasteiger partial charge in [-0.2, -0.15) is 0 Å². The van der Waals surface area contributed by atoms with Crippen molar-refractivity contribution in [3.05, 3.63) is 59.7 Å². The van der Waals surface area contributed by atoms with Gasteiger partial charge in [0.1, 0.15) is 17.2 Å². The van der Waals surface area contributed by atoms with Crippen LogP contribution in [0.25, 0.3) is 6.08 Å². The summed E-state index contributed by atoms with van der Waals surface area (Å²) in [5.74, 6) is 0.579. The normalized spacial score (nSPS) is 16.6. The number of carbonyl (C=O) groups is 1. The molecule has 0 atom stereocenters. The van der Waals surface area contributed by atoms with E-state index in [0.29, 0.717) is 22.1 Å². The molecule has 0 saturated carbocycles. The first-order chi connectivity index (χ1) is 10.1. The molecule has 0 aliphatic carbocycles. The van der Waals surface area contributed by atoms with Crippen molar-refractivity contribution in [2.75, 3.05) is 0 Å². The van der Waals surface area contributed by atoms with Gasteiger partial charge in [0.05, 0.1) is 12.8 Å². The van der Waals surface area contributed by atoms with Gasteiger partial charge in [-0.15, -0.1) is 0 Å². The Labute approximate surface area is 126 Å². The Morgan fingerprint density at radius 3 is 2.90 bits per heavy atom. The van der Waals surface area contributed by atoms with E-state index in [1.807, 2.05) is 0 Å². The second-order valence-corrected chi connectivity index (χ2v) is 4.94. The number of hydrogen-bond acceptors (Lipinski definition) is 4. The van der Waals surface area contributed by atoms with Crippen LogP contribution in [0.5, 0.6) is 5.75 Å². The first-order valence-corrected chi connectivity index (χ1v) is 6.70. The van der Waals surface area contributed by atoms with Crippen LogP contribution in [-0.4, -0.2) is 21.0 Å². The molecule has 1 aliphatic rings. The molecular weight excluding hydrogens is 288 g/mol. The fraction of sp³-hybridized carbons (Fsp3) is 0.0667. The number of phenols is 1. The predicted molar refractivity (Wildman–Crippen MR) is 81.1 cm³/mol. The molecule has 0 radical (unpaired) electrons. The fourth-order valence-corrected chi connectivity index (χ4v) is 2.31. The molecule has 0 bridgehead atoms. The van der Waals surface area contributed by atoms with E-state index in [1.54, 1.807) is 48.7 Å². The Morgan fingerprint density at radius 2 is 2.19 bits per heavy atom. The van der Waals surface area contributed by atoms with Crippen molar-refractivity contribution in [1.29, 1.82) is 0 Å². The van der Waals surface area contributed by atoms with Crippen LogP contribution in [0.3, 0.4) is 0 Å². The Kier molecular flexibility index (Phi) is 3.45. The van der Waals surface area contributed by atoms with Crippen molar-refractivity contribution >= 4 is 29.3 Å². The number of nitrogens with zero attached hydrogens (tertiary/aromatic N) is 1. The summed E-state index contributed by atoms with van der Waals surface area (Å²) >= 11 is 5.17. The third kappa shape index (κ3) is 2.80. The second-order valence-electron chi connectivity index (χ2n) is 4.55. The Hall–Kier alpha value is -2.60. The Balaban J connectivity index is 1.83. The molecule has 1 aromatic heterocycles. The number of phenolic OH excluding ortho intramolecular Hbond substituents is 1. The summed E-state index contributed by atoms with van der Waals surface area (Å²) in [6.07, 6.45) is 3.20. The number of furan rings is 1. The molecule has 21 heavy (non-hydrogen) atoms. The van der Waals surface area contributed by atoms with Crippen LogP contribution in [-0.2, 0) is 11.3 Å². The zero-order valence-corrected chi connectivity index (χ0v) is 11.8. The molecule has 2 heterocycles. The minimum Gasteiger partial charge on any atom is -0.508 e. The maximum atomic E-state index is 12.3. The molecular formula is C15H12N2O3S. The number of amides is 1. The number of thiocarbonyl (C=S) groups is 1. The van der Waals surface area contributed by atoms with Crippen molar-refractivity contribution < 1.29 is 14.3 Å². The molecule has 2 aromatic rings. The number of hydrogen-bond donors (Lipinski definition) is 2. The summed E-state index contributed by atoms with van der Waals surface area (Å²) in [6, 6.07) is 10.2. The van der Waals surface area contributed by atoms with Gasteiger partial charge in [0.25, 0.3) is 5.91 Å². The van der Waals surface area contributed by atoms with Gasteiger partial charge in [0.2, 0.25) is 0 Å². The van der Waals surface area contributed by atoms with E-state index in [1.165, 1.54) is 4.90 Å². The molecule has 1 amide bonds. The van der Waals surface area contributed by atoms with Gasteiger partial charge in [-0.05, 0) is 48.1 Å². The van der Waals surface area contributed by atoms with Gasteiger partial charge < -0.3 is 14.8 Å². The van der Waals surface area contributed by atoms with E-state index < -0.39 is 0 Å². The standard InChI is InChI=1S/C15H12N2O3S/c18-11-4-1-3-10(7-11)8-13-14(19)17(15(21)16-13)9-12-5-2-6-20-12/h1-8,18H,9H2,(H,16,21). The van der Waals surface area contributed by atoms with E-state index in [-0.39, 0.29) is 18.2 Å². The Morgan fingerprint density at radius 1 is 1.33 bits per heavy atom. The van der Waals surface area contributed by atoms with Crippen LogP contribution >= 0.6 is 12.2 Å². The molecule has 1 fully saturated rings. The lowest BCUT2D eigenvalue weighted by Gasteiger charge is -2.11. The lowest BCUT2D eigenvalue weighted by atomic mass is 10.2. The average molecular weight is 300 g/mol. The largest absolute Gasteiger partial charge is 0.508 e. The highest BCUT2D eigenvalue weighted by Gasteiger charge is 2.31. The van der Waals surface area contributed by atoms with Crippen molar-refractivity contribution in [2.24, 2.45) is 0 Å². The van der Waals surface area contributed by atoms with Crippen LogP contribution in [0.2, 0.25) is 0 Å². The third-order valence-corrected chi connectivity index (χ3v) is 3.36. The van der Waals surface area contributed by atoms with E-state index in [0.717, 1.165) is 0 Å². The highest BCUT2D eigenvalue weighted by molar-refractivity contribution is 7.80. The highest BCUT2D eigenvalue weighted by atomic mass is 32.1. The summed E-state index contributed by atoms with van der Waals surface area (Å²) in [4.78, 5) is 13.8. The topological polar surface area (TPSA) is 65.7 Å².